The van der Waals surface area contributed by atoms with Crippen molar-refractivity contribution in [3.05, 3.63) is 22.8 Å². The second-order valence-corrected chi connectivity index (χ2v) is 7.28. The van der Waals surface area contributed by atoms with Crippen LogP contribution in [0.1, 0.15) is 23.6 Å². The zero-order valence-corrected chi connectivity index (χ0v) is 15.8. The molecule has 0 saturated carbocycles. The van der Waals surface area contributed by atoms with Crippen LogP contribution < -0.4 is 9.47 Å². The largest absolute Gasteiger partial charge is 0.496 e. The molecule has 1 fully saturated rings. The minimum Gasteiger partial charge on any atom is -0.496 e. The first kappa shape index (κ1) is 17.5. The van der Waals surface area contributed by atoms with Gasteiger partial charge in [-0.05, 0) is 33.5 Å². The number of ether oxygens (including phenoxy) is 2. The lowest BCUT2D eigenvalue weighted by Crippen LogP contribution is -2.44. The average molecular weight is 333 g/mol. The molecule has 2 aliphatic heterocycles. The van der Waals surface area contributed by atoms with E-state index in [1.165, 1.54) is 16.7 Å². The summed E-state index contributed by atoms with van der Waals surface area (Å²) in [4.78, 5) is 7.28. The summed E-state index contributed by atoms with van der Waals surface area (Å²) in [6.45, 7) is 8.62. The molecule has 1 saturated heterocycles. The van der Waals surface area contributed by atoms with Gasteiger partial charge in [-0.25, -0.2) is 0 Å². The van der Waals surface area contributed by atoms with E-state index in [9.17, 15) is 0 Å². The van der Waals surface area contributed by atoms with Crippen LogP contribution in [0.4, 0.5) is 0 Å². The van der Waals surface area contributed by atoms with Crippen LogP contribution in [0.25, 0.3) is 0 Å². The third kappa shape index (κ3) is 3.39. The molecule has 5 heteroatoms. The number of nitrogens with zero attached hydrogens (tertiary/aromatic N) is 3. The van der Waals surface area contributed by atoms with E-state index in [0.29, 0.717) is 6.04 Å². The summed E-state index contributed by atoms with van der Waals surface area (Å²) in [6.07, 6.45) is 1.02. The molecule has 1 atom stereocenters. The van der Waals surface area contributed by atoms with Gasteiger partial charge < -0.3 is 14.4 Å². The maximum atomic E-state index is 5.88. The van der Waals surface area contributed by atoms with Gasteiger partial charge in [-0.3, -0.25) is 9.80 Å². The summed E-state index contributed by atoms with van der Waals surface area (Å²) in [7, 11) is 7.95. The quantitative estimate of drug-likeness (QED) is 0.838. The standard InChI is InChI=1S/C19H31N3O2/c1-14-10-16-17(13-21(14)3)18(23-4)11-15(19(16)24-5)12-22-8-6-20(2)7-9-22/h11,14H,6-10,12-13H2,1-5H3. The van der Waals surface area contributed by atoms with Crippen molar-refractivity contribution in [3.8, 4) is 11.5 Å². The van der Waals surface area contributed by atoms with Gasteiger partial charge in [0.05, 0.1) is 14.2 Å². The zero-order chi connectivity index (χ0) is 17.3. The molecule has 0 aliphatic carbocycles. The van der Waals surface area contributed by atoms with Gasteiger partial charge in [0.2, 0.25) is 0 Å². The highest BCUT2D eigenvalue weighted by atomic mass is 16.5. The molecule has 134 valence electrons. The molecule has 1 aromatic carbocycles. The van der Waals surface area contributed by atoms with Gasteiger partial charge in [0.15, 0.2) is 0 Å². The second-order valence-electron chi connectivity index (χ2n) is 7.28. The Balaban J connectivity index is 1.93. The molecule has 1 aromatic rings. The predicted octanol–water partition coefficient (Wildman–Crippen LogP) is 1.83. The van der Waals surface area contributed by atoms with Gasteiger partial charge in [-0.15, -0.1) is 0 Å². The molecule has 3 rings (SSSR count). The van der Waals surface area contributed by atoms with Crippen LogP contribution in [0.2, 0.25) is 0 Å². The van der Waals surface area contributed by atoms with Crippen LogP contribution in [0.15, 0.2) is 6.07 Å². The smallest absolute Gasteiger partial charge is 0.127 e. The summed E-state index contributed by atoms with van der Waals surface area (Å²) in [5.41, 5.74) is 3.89. The molecular weight excluding hydrogens is 302 g/mol. The van der Waals surface area contributed by atoms with E-state index in [2.05, 4.69) is 41.8 Å². The summed E-state index contributed by atoms with van der Waals surface area (Å²) in [5.74, 6) is 2.08. The summed E-state index contributed by atoms with van der Waals surface area (Å²) >= 11 is 0. The lowest BCUT2D eigenvalue weighted by molar-refractivity contribution is 0.146. The fourth-order valence-electron chi connectivity index (χ4n) is 3.84. The number of benzene rings is 1. The van der Waals surface area contributed by atoms with E-state index in [4.69, 9.17) is 9.47 Å². The van der Waals surface area contributed by atoms with E-state index >= 15 is 0 Å². The highest BCUT2D eigenvalue weighted by Crippen LogP contribution is 2.39. The minimum absolute atomic E-state index is 0.523. The highest BCUT2D eigenvalue weighted by Gasteiger charge is 2.28. The van der Waals surface area contributed by atoms with Crippen molar-refractivity contribution in [3.63, 3.8) is 0 Å². The fraction of sp³-hybridized carbons (Fsp3) is 0.684. The molecule has 5 nitrogen and oxygen atoms in total. The van der Waals surface area contributed by atoms with Crippen molar-refractivity contribution in [2.24, 2.45) is 0 Å². The Morgan fingerprint density at radius 1 is 1.04 bits per heavy atom. The molecule has 2 heterocycles. The van der Waals surface area contributed by atoms with Crippen LogP contribution in [-0.4, -0.2) is 75.2 Å². The Kier molecular flexibility index (Phi) is 5.33. The summed E-state index contributed by atoms with van der Waals surface area (Å²) < 4.78 is 11.6. The first-order valence-corrected chi connectivity index (χ1v) is 8.90. The molecule has 0 bridgehead atoms. The minimum atomic E-state index is 0.523. The monoisotopic (exact) mass is 333 g/mol. The molecule has 1 unspecified atom stereocenters. The Bertz CT molecular complexity index is 582. The summed E-state index contributed by atoms with van der Waals surface area (Å²) in [6, 6.07) is 2.72. The third-order valence-electron chi connectivity index (χ3n) is 5.61. The number of hydrogen-bond donors (Lipinski definition) is 0. The molecule has 0 aromatic heterocycles. The van der Waals surface area contributed by atoms with E-state index in [0.717, 1.165) is 57.2 Å². The lowest BCUT2D eigenvalue weighted by atomic mass is 9.91. The molecule has 0 radical (unpaired) electrons. The average Bonchev–Trinajstić information content (AvgIpc) is 2.57. The second kappa shape index (κ2) is 7.30. The fourth-order valence-corrected chi connectivity index (χ4v) is 3.84. The van der Waals surface area contributed by atoms with Crippen LogP contribution in [0.3, 0.4) is 0 Å². The van der Waals surface area contributed by atoms with Crippen LogP contribution in [0, 0.1) is 0 Å². The van der Waals surface area contributed by atoms with Crippen molar-refractivity contribution in [2.45, 2.75) is 32.5 Å². The number of hydrogen-bond acceptors (Lipinski definition) is 5. The normalized spacial score (nSPS) is 23.1. The number of fused-ring (bicyclic) bond motifs is 1. The number of piperazine rings is 1. The van der Waals surface area contributed by atoms with Crippen molar-refractivity contribution < 1.29 is 9.47 Å². The molecular formula is C19H31N3O2. The molecule has 2 aliphatic rings. The van der Waals surface area contributed by atoms with Gasteiger partial charge in [-0.2, -0.15) is 0 Å². The number of likely N-dealkylation sites (N-methyl/N-ethyl adjacent to an activating group) is 2. The maximum absolute atomic E-state index is 5.88. The van der Waals surface area contributed by atoms with Crippen LogP contribution >= 0.6 is 0 Å². The van der Waals surface area contributed by atoms with Crippen molar-refractivity contribution in [1.82, 2.24) is 14.7 Å². The van der Waals surface area contributed by atoms with E-state index in [1.54, 1.807) is 14.2 Å². The maximum Gasteiger partial charge on any atom is 0.127 e. The van der Waals surface area contributed by atoms with Crippen molar-refractivity contribution in [2.75, 3.05) is 54.5 Å². The summed E-state index contributed by atoms with van der Waals surface area (Å²) in [5, 5.41) is 0. The molecule has 0 N–H and O–H groups in total. The van der Waals surface area contributed by atoms with Gasteiger partial charge in [0.25, 0.3) is 0 Å². The highest BCUT2D eigenvalue weighted by molar-refractivity contribution is 5.55. The lowest BCUT2D eigenvalue weighted by Gasteiger charge is -2.36. The van der Waals surface area contributed by atoms with E-state index in [-0.39, 0.29) is 0 Å². The van der Waals surface area contributed by atoms with Crippen LogP contribution in [-0.2, 0) is 19.5 Å². The van der Waals surface area contributed by atoms with E-state index < -0.39 is 0 Å². The Morgan fingerprint density at radius 2 is 1.75 bits per heavy atom. The molecule has 0 amide bonds. The van der Waals surface area contributed by atoms with Crippen molar-refractivity contribution in [1.29, 1.82) is 0 Å². The Labute approximate surface area is 146 Å². The molecule has 0 spiro atoms. The van der Waals surface area contributed by atoms with Crippen molar-refractivity contribution >= 4 is 0 Å². The number of rotatable bonds is 4. The van der Waals surface area contributed by atoms with Crippen LogP contribution in [0.5, 0.6) is 11.5 Å². The van der Waals surface area contributed by atoms with Gasteiger partial charge in [0, 0.05) is 62.0 Å². The zero-order valence-electron chi connectivity index (χ0n) is 15.8. The first-order valence-electron chi connectivity index (χ1n) is 8.90. The van der Waals surface area contributed by atoms with E-state index in [1.807, 2.05) is 0 Å². The topological polar surface area (TPSA) is 28.2 Å². The SMILES string of the molecule is COc1cc(CN2CCN(C)CC2)c(OC)c2c1CN(C)C(C)C2. The predicted molar refractivity (Wildman–Crippen MR) is 97.0 cm³/mol. The molecule has 24 heavy (non-hydrogen) atoms. The Hall–Kier alpha value is -1.30. The van der Waals surface area contributed by atoms with Gasteiger partial charge in [-0.1, -0.05) is 0 Å². The first-order chi connectivity index (χ1) is 11.5. The Morgan fingerprint density at radius 3 is 2.38 bits per heavy atom. The number of methoxy groups -OCH3 is 2. The van der Waals surface area contributed by atoms with Gasteiger partial charge in [0.1, 0.15) is 11.5 Å². The third-order valence-corrected chi connectivity index (χ3v) is 5.61. The van der Waals surface area contributed by atoms with Gasteiger partial charge >= 0.3 is 0 Å².